The molecule has 2 N–H and O–H groups in total. The molecule has 0 fully saturated rings. The van der Waals surface area contributed by atoms with Crippen molar-refractivity contribution in [2.75, 3.05) is 31.3 Å². The predicted octanol–water partition coefficient (Wildman–Crippen LogP) is 2.81. The van der Waals surface area contributed by atoms with Crippen LogP contribution in [0.5, 0.6) is 0 Å². The van der Waals surface area contributed by atoms with E-state index in [4.69, 9.17) is 0 Å². The Labute approximate surface area is 134 Å². The van der Waals surface area contributed by atoms with E-state index in [1.54, 1.807) is 29.2 Å². The molecule has 5 nitrogen and oxygen atoms in total. The molecule has 116 valence electrons. The summed E-state index contributed by atoms with van der Waals surface area (Å²) in [4.78, 5) is 26.4. The summed E-state index contributed by atoms with van der Waals surface area (Å²) >= 11 is 1.41. The van der Waals surface area contributed by atoms with Gasteiger partial charge in [0.25, 0.3) is 5.91 Å². The van der Waals surface area contributed by atoms with E-state index in [9.17, 15) is 9.59 Å². The van der Waals surface area contributed by atoms with Crippen LogP contribution in [-0.4, -0.2) is 37.4 Å². The zero-order valence-electron chi connectivity index (χ0n) is 12.8. The average Bonchev–Trinajstić information content (AvgIpc) is 2.84. The number of carbonyl (C=O) groups is 2. The lowest BCUT2D eigenvalue weighted by atomic mass is 10.2. The Morgan fingerprint density at radius 1 is 1.14 bits per heavy atom. The first kappa shape index (κ1) is 16.2. The van der Waals surface area contributed by atoms with E-state index in [-0.39, 0.29) is 11.8 Å². The minimum Gasteiger partial charge on any atom is -0.325 e. The molecule has 0 atom stereocenters. The molecule has 22 heavy (non-hydrogen) atoms. The number of carbonyl (C=O) groups excluding carboxylic acids is 2. The van der Waals surface area contributed by atoms with Crippen molar-refractivity contribution in [2.45, 2.75) is 6.92 Å². The van der Waals surface area contributed by atoms with E-state index < -0.39 is 0 Å². The number of hydrogen-bond donors (Lipinski definition) is 2. The van der Waals surface area contributed by atoms with E-state index >= 15 is 0 Å². The Kier molecular flexibility index (Phi) is 5.30. The number of rotatable bonds is 5. The van der Waals surface area contributed by atoms with Crippen molar-refractivity contribution in [1.82, 2.24) is 4.90 Å². The molecule has 0 aliphatic heterocycles. The summed E-state index contributed by atoms with van der Waals surface area (Å²) < 4.78 is 0. The van der Waals surface area contributed by atoms with Gasteiger partial charge in [0.2, 0.25) is 5.91 Å². The fraction of sp³-hybridized carbons (Fsp3) is 0.250. The number of amides is 2. The molecule has 0 bridgehead atoms. The maximum Gasteiger partial charge on any atom is 0.265 e. The van der Waals surface area contributed by atoms with Crippen molar-refractivity contribution in [3.8, 4) is 0 Å². The number of benzene rings is 1. The van der Waals surface area contributed by atoms with Crippen LogP contribution in [0.4, 0.5) is 11.4 Å². The molecule has 0 unspecified atom stereocenters. The Balaban J connectivity index is 2.04. The van der Waals surface area contributed by atoms with E-state index in [2.05, 4.69) is 10.6 Å². The fourth-order valence-corrected chi connectivity index (χ4v) is 2.78. The summed E-state index contributed by atoms with van der Waals surface area (Å²) in [5.74, 6) is -0.230. The van der Waals surface area contributed by atoms with Gasteiger partial charge in [-0.3, -0.25) is 9.59 Å². The second kappa shape index (κ2) is 7.20. The van der Waals surface area contributed by atoms with Gasteiger partial charge < -0.3 is 15.5 Å². The SMILES string of the molecule is Cc1ccsc1C(=O)Nc1cccc(NC(=O)CN(C)C)c1. The molecule has 1 aromatic carbocycles. The first-order valence-electron chi connectivity index (χ1n) is 6.86. The lowest BCUT2D eigenvalue weighted by molar-refractivity contribution is -0.116. The van der Waals surface area contributed by atoms with Crippen LogP contribution in [0.15, 0.2) is 35.7 Å². The second-order valence-corrected chi connectivity index (χ2v) is 6.17. The highest BCUT2D eigenvalue weighted by atomic mass is 32.1. The van der Waals surface area contributed by atoms with E-state index in [0.717, 1.165) is 5.56 Å². The van der Waals surface area contributed by atoms with Crippen LogP contribution in [0.3, 0.4) is 0 Å². The van der Waals surface area contributed by atoms with Crippen molar-refractivity contribution < 1.29 is 9.59 Å². The maximum absolute atomic E-state index is 12.2. The van der Waals surface area contributed by atoms with Crippen LogP contribution in [0.2, 0.25) is 0 Å². The van der Waals surface area contributed by atoms with Gasteiger partial charge in [0, 0.05) is 11.4 Å². The molecule has 2 rings (SSSR count). The smallest absolute Gasteiger partial charge is 0.265 e. The molecule has 1 aromatic heterocycles. The third-order valence-electron chi connectivity index (χ3n) is 2.93. The summed E-state index contributed by atoms with van der Waals surface area (Å²) in [6.07, 6.45) is 0. The van der Waals surface area contributed by atoms with Gasteiger partial charge in [-0.25, -0.2) is 0 Å². The number of nitrogens with one attached hydrogen (secondary N) is 2. The van der Waals surface area contributed by atoms with E-state index in [1.165, 1.54) is 11.3 Å². The second-order valence-electron chi connectivity index (χ2n) is 5.25. The molecule has 0 saturated heterocycles. The molecule has 2 amide bonds. The molecule has 0 aliphatic carbocycles. The molecular formula is C16H19N3O2S. The van der Waals surface area contributed by atoms with Gasteiger partial charge in [0.15, 0.2) is 0 Å². The average molecular weight is 317 g/mol. The summed E-state index contributed by atoms with van der Waals surface area (Å²) in [5, 5.41) is 7.54. The minimum absolute atomic E-state index is 0.0948. The topological polar surface area (TPSA) is 61.4 Å². The van der Waals surface area contributed by atoms with Gasteiger partial charge in [-0.2, -0.15) is 0 Å². The number of nitrogens with zero attached hydrogens (tertiary/aromatic N) is 1. The van der Waals surface area contributed by atoms with Crippen molar-refractivity contribution in [3.63, 3.8) is 0 Å². The third-order valence-corrected chi connectivity index (χ3v) is 3.95. The van der Waals surface area contributed by atoms with Gasteiger partial charge in [-0.05, 0) is 56.2 Å². The maximum atomic E-state index is 12.2. The van der Waals surface area contributed by atoms with Gasteiger partial charge in [-0.15, -0.1) is 11.3 Å². The Morgan fingerprint density at radius 2 is 1.82 bits per heavy atom. The molecular weight excluding hydrogens is 298 g/mol. The number of aryl methyl sites for hydroxylation is 1. The first-order chi connectivity index (χ1) is 10.5. The first-order valence-corrected chi connectivity index (χ1v) is 7.74. The number of anilines is 2. The van der Waals surface area contributed by atoms with Gasteiger partial charge in [-0.1, -0.05) is 6.07 Å². The summed E-state index contributed by atoms with van der Waals surface area (Å²) in [6.45, 7) is 2.22. The zero-order valence-corrected chi connectivity index (χ0v) is 13.7. The summed E-state index contributed by atoms with van der Waals surface area (Å²) in [5.41, 5.74) is 2.27. The Bertz CT molecular complexity index is 680. The monoisotopic (exact) mass is 317 g/mol. The Hall–Kier alpha value is -2.18. The highest BCUT2D eigenvalue weighted by Crippen LogP contribution is 2.20. The molecule has 6 heteroatoms. The normalized spacial score (nSPS) is 10.5. The lowest BCUT2D eigenvalue weighted by Crippen LogP contribution is -2.27. The zero-order chi connectivity index (χ0) is 16.1. The van der Waals surface area contributed by atoms with Crippen molar-refractivity contribution in [2.24, 2.45) is 0 Å². The van der Waals surface area contributed by atoms with E-state index in [1.807, 2.05) is 32.5 Å². The van der Waals surface area contributed by atoms with Crippen LogP contribution in [0.25, 0.3) is 0 Å². The highest BCUT2D eigenvalue weighted by molar-refractivity contribution is 7.12. The van der Waals surface area contributed by atoms with Crippen LogP contribution in [0.1, 0.15) is 15.2 Å². The van der Waals surface area contributed by atoms with Crippen molar-refractivity contribution >= 4 is 34.5 Å². The van der Waals surface area contributed by atoms with Crippen LogP contribution >= 0.6 is 11.3 Å². The van der Waals surface area contributed by atoms with Gasteiger partial charge in [0.1, 0.15) is 0 Å². The van der Waals surface area contributed by atoms with Crippen LogP contribution < -0.4 is 10.6 Å². The molecule has 0 saturated carbocycles. The molecule has 0 spiro atoms. The largest absolute Gasteiger partial charge is 0.325 e. The summed E-state index contributed by atoms with van der Waals surface area (Å²) in [6, 6.07) is 9.04. The predicted molar refractivity (Wildman–Crippen MR) is 90.6 cm³/mol. The fourth-order valence-electron chi connectivity index (χ4n) is 1.96. The molecule has 1 heterocycles. The van der Waals surface area contributed by atoms with Crippen molar-refractivity contribution in [3.05, 3.63) is 46.2 Å². The van der Waals surface area contributed by atoms with E-state index in [0.29, 0.717) is 22.8 Å². The number of thiophene rings is 1. The van der Waals surface area contributed by atoms with Crippen LogP contribution in [-0.2, 0) is 4.79 Å². The van der Waals surface area contributed by atoms with Crippen LogP contribution in [0, 0.1) is 6.92 Å². The molecule has 2 aromatic rings. The number of likely N-dealkylation sites (N-methyl/N-ethyl adjacent to an activating group) is 1. The molecule has 0 radical (unpaired) electrons. The van der Waals surface area contributed by atoms with Gasteiger partial charge in [0.05, 0.1) is 11.4 Å². The quantitative estimate of drug-likeness (QED) is 0.891. The Morgan fingerprint density at radius 3 is 2.41 bits per heavy atom. The minimum atomic E-state index is -0.135. The van der Waals surface area contributed by atoms with Crippen molar-refractivity contribution in [1.29, 1.82) is 0 Å². The number of hydrogen-bond acceptors (Lipinski definition) is 4. The lowest BCUT2D eigenvalue weighted by Gasteiger charge is -2.11. The standard InChI is InChI=1S/C16H19N3O2S/c1-11-7-8-22-15(11)16(21)18-13-6-4-5-12(9-13)17-14(20)10-19(2)3/h4-9H,10H2,1-3H3,(H,17,20)(H,18,21). The van der Waals surface area contributed by atoms with Gasteiger partial charge >= 0.3 is 0 Å². The highest BCUT2D eigenvalue weighted by Gasteiger charge is 2.11. The molecule has 0 aliphatic rings. The summed E-state index contributed by atoms with van der Waals surface area (Å²) in [7, 11) is 3.67. The third kappa shape index (κ3) is 4.41.